The molecule has 1 atom stereocenters. The van der Waals surface area contributed by atoms with Crippen molar-refractivity contribution in [3.63, 3.8) is 0 Å². The van der Waals surface area contributed by atoms with Crippen LogP contribution in [0.25, 0.3) is 0 Å². The molecule has 1 aliphatic rings. The lowest BCUT2D eigenvalue weighted by atomic mass is 9.92. The van der Waals surface area contributed by atoms with Crippen molar-refractivity contribution in [1.29, 1.82) is 0 Å². The Morgan fingerprint density at radius 2 is 2.05 bits per heavy atom. The fourth-order valence-corrected chi connectivity index (χ4v) is 2.50. The number of hydrogen-bond donors (Lipinski definition) is 1. The molecule has 0 saturated heterocycles. The second kappa shape index (κ2) is 5.70. The van der Waals surface area contributed by atoms with E-state index in [-0.39, 0.29) is 11.6 Å². The fourth-order valence-electron chi connectivity index (χ4n) is 2.50. The molecule has 1 saturated carbocycles. The third-order valence-corrected chi connectivity index (χ3v) is 4.34. The molecule has 104 valence electrons. The van der Waals surface area contributed by atoms with Crippen LogP contribution in [-0.2, 0) is 4.94 Å². The summed E-state index contributed by atoms with van der Waals surface area (Å²) in [4.78, 5) is 14.2. The maximum atomic E-state index is 11.8. The topological polar surface area (TPSA) is 52.3 Å². The molecule has 3 nitrogen and oxygen atoms in total. The number of hydrogen-bond acceptors (Lipinski definition) is 3. The molecule has 2 N–H and O–H groups in total. The molecular formula is C15H20FNO2. The standard InChI is InChI=1S/C15H20FNO2/c1-2-15(9-10-15)8-7-13(17)11-3-5-12(6-4-11)14(18)19-16/h3-6,13H,2,7-10,17H2,1H3. The minimum Gasteiger partial charge on any atom is -0.324 e. The van der Waals surface area contributed by atoms with Gasteiger partial charge < -0.3 is 5.73 Å². The molecule has 0 aromatic heterocycles. The van der Waals surface area contributed by atoms with Gasteiger partial charge in [0.2, 0.25) is 0 Å². The van der Waals surface area contributed by atoms with Crippen molar-refractivity contribution in [2.45, 2.75) is 45.1 Å². The Kier molecular flexibility index (Phi) is 4.20. The van der Waals surface area contributed by atoms with Gasteiger partial charge in [0, 0.05) is 10.6 Å². The highest BCUT2D eigenvalue weighted by atomic mass is 19.3. The molecule has 0 aliphatic heterocycles. The number of benzene rings is 1. The van der Waals surface area contributed by atoms with Crippen molar-refractivity contribution in [3.8, 4) is 0 Å². The molecule has 4 heteroatoms. The van der Waals surface area contributed by atoms with Gasteiger partial charge in [-0.15, -0.1) is 0 Å². The SMILES string of the molecule is CCC1(CCC(N)c2ccc(C(=O)OF)cc2)CC1. The van der Waals surface area contributed by atoms with E-state index in [1.807, 2.05) is 0 Å². The molecule has 0 bridgehead atoms. The van der Waals surface area contributed by atoms with E-state index < -0.39 is 5.97 Å². The zero-order valence-corrected chi connectivity index (χ0v) is 11.2. The molecule has 0 heterocycles. The van der Waals surface area contributed by atoms with E-state index in [4.69, 9.17) is 5.73 Å². The summed E-state index contributed by atoms with van der Waals surface area (Å²) in [6.45, 7) is 2.23. The third kappa shape index (κ3) is 3.32. The molecular weight excluding hydrogens is 245 g/mol. The average molecular weight is 265 g/mol. The predicted octanol–water partition coefficient (Wildman–Crippen LogP) is 3.70. The molecule has 0 spiro atoms. The van der Waals surface area contributed by atoms with Crippen LogP contribution in [0.5, 0.6) is 0 Å². The van der Waals surface area contributed by atoms with Crippen LogP contribution in [0.1, 0.15) is 61.0 Å². The van der Waals surface area contributed by atoms with Gasteiger partial charge in [-0.05, 0) is 48.8 Å². The van der Waals surface area contributed by atoms with Crippen molar-refractivity contribution in [2.75, 3.05) is 0 Å². The molecule has 1 aromatic carbocycles. The average Bonchev–Trinajstić information content (AvgIpc) is 3.25. The molecule has 19 heavy (non-hydrogen) atoms. The van der Waals surface area contributed by atoms with E-state index in [1.54, 1.807) is 24.3 Å². The lowest BCUT2D eigenvalue weighted by molar-refractivity contribution is -0.0788. The number of rotatable bonds is 6. The molecule has 1 aromatic rings. The Bertz CT molecular complexity index is 440. The monoisotopic (exact) mass is 265 g/mol. The molecule has 1 aliphatic carbocycles. The fraction of sp³-hybridized carbons (Fsp3) is 0.533. The lowest BCUT2D eigenvalue weighted by Crippen LogP contribution is -2.13. The largest absolute Gasteiger partial charge is 0.379 e. The van der Waals surface area contributed by atoms with Gasteiger partial charge in [-0.1, -0.05) is 25.5 Å². The summed E-state index contributed by atoms with van der Waals surface area (Å²) >= 11 is 0. The Balaban J connectivity index is 1.92. The summed E-state index contributed by atoms with van der Waals surface area (Å²) in [5.41, 5.74) is 7.86. The molecule has 1 fully saturated rings. The normalized spacial score (nSPS) is 17.8. The highest BCUT2D eigenvalue weighted by molar-refractivity contribution is 5.88. The van der Waals surface area contributed by atoms with Crippen LogP contribution >= 0.6 is 0 Å². The summed E-state index contributed by atoms with van der Waals surface area (Å²) in [5, 5.41) is 0. The molecule has 0 radical (unpaired) electrons. The Labute approximate surface area is 112 Å². The summed E-state index contributed by atoms with van der Waals surface area (Å²) in [7, 11) is 0. The second-order valence-electron chi connectivity index (χ2n) is 5.49. The van der Waals surface area contributed by atoms with Crippen molar-refractivity contribution in [2.24, 2.45) is 11.1 Å². The van der Waals surface area contributed by atoms with Crippen LogP contribution in [0.4, 0.5) is 4.53 Å². The molecule has 1 unspecified atom stereocenters. The van der Waals surface area contributed by atoms with Gasteiger partial charge in [-0.3, -0.25) is 0 Å². The number of carbonyl (C=O) groups is 1. The Hall–Kier alpha value is -1.42. The first-order valence-corrected chi connectivity index (χ1v) is 6.79. The van der Waals surface area contributed by atoms with E-state index in [1.165, 1.54) is 19.3 Å². The first-order chi connectivity index (χ1) is 9.10. The van der Waals surface area contributed by atoms with Crippen LogP contribution in [0, 0.1) is 5.41 Å². The van der Waals surface area contributed by atoms with Crippen LogP contribution in [0.15, 0.2) is 24.3 Å². The van der Waals surface area contributed by atoms with Gasteiger partial charge in [0.15, 0.2) is 0 Å². The van der Waals surface area contributed by atoms with Crippen molar-refractivity contribution in [3.05, 3.63) is 35.4 Å². The van der Waals surface area contributed by atoms with Crippen molar-refractivity contribution >= 4 is 5.97 Å². The van der Waals surface area contributed by atoms with E-state index in [0.29, 0.717) is 5.41 Å². The van der Waals surface area contributed by atoms with E-state index >= 15 is 0 Å². The maximum absolute atomic E-state index is 11.8. The van der Waals surface area contributed by atoms with E-state index in [0.717, 1.165) is 18.4 Å². The summed E-state index contributed by atoms with van der Waals surface area (Å²) in [6, 6.07) is 6.60. The van der Waals surface area contributed by atoms with E-state index in [2.05, 4.69) is 11.9 Å². The van der Waals surface area contributed by atoms with Gasteiger partial charge in [0.1, 0.15) is 0 Å². The van der Waals surface area contributed by atoms with Gasteiger partial charge in [0.05, 0.1) is 5.56 Å². The van der Waals surface area contributed by atoms with Crippen LogP contribution in [0.3, 0.4) is 0 Å². The summed E-state index contributed by atoms with van der Waals surface area (Å²) in [6.07, 6.45) is 5.95. The zero-order chi connectivity index (χ0) is 13.9. The quantitative estimate of drug-likeness (QED) is 0.853. The highest BCUT2D eigenvalue weighted by Gasteiger charge is 2.40. The van der Waals surface area contributed by atoms with Crippen molar-refractivity contribution in [1.82, 2.24) is 0 Å². The summed E-state index contributed by atoms with van der Waals surface area (Å²) in [5.74, 6) is -0.969. The van der Waals surface area contributed by atoms with Crippen LogP contribution in [-0.4, -0.2) is 5.97 Å². The minimum absolute atomic E-state index is 0.0283. The maximum Gasteiger partial charge on any atom is 0.379 e. The number of nitrogens with two attached hydrogens (primary N) is 1. The second-order valence-corrected chi connectivity index (χ2v) is 5.49. The van der Waals surface area contributed by atoms with Gasteiger partial charge in [-0.2, -0.15) is 0 Å². The smallest absolute Gasteiger partial charge is 0.324 e. The number of carbonyl (C=O) groups excluding carboxylic acids is 1. The van der Waals surface area contributed by atoms with Crippen LogP contribution in [0.2, 0.25) is 0 Å². The Morgan fingerprint density at radius 1 is 1.42 bits per heavy atom. The van der Waals surface area contributed by atoms with E-state index in [9.17, 15) is 9.32 Å². The highest BCUT2D eigenvalue weighted by Crippen LogP contribution is 2.53. The molecule has 0 amide bonds. The first kappa shape index (κ1) is 14.0. The van der Waals surface area contributed by atoms with Gasteiger partial charge in [-0.25, -0.2) is 9.74 Å². The first-order valence-electron chi connectivity index (χ1n) is 6.79. The number of halogens is 1. The summed E-state index contributed by atoms with van der Waals surface area (Å²) < 4.78 is 11.8. The van der Waals surface area contributed by atoms with Crippen molar-refractivity contribution < 1.29 is 14.3 Å². The van der Waals surface area contributed by atoms with Gasteiger partial charge >= 0.3 is 5.97 Å². The minimum atomic E-state index is -0.969. The zero-order valence-electron chi connectivity index (χ0n) is 11.2. The van der Waals surface area contributed by atoms with Gasteiger partial charge in [0.25, 0.3) is 0 Å². The Morgan fingerprint density at radius 3 is 2.53 bits per heavy atom. The third-order valence-electron chi connectivity index (χ3n) is 4.34. The lowest BCUT2D eigenvalue weighted by Gasteiger charge is -2.17. The van der Waals surface area contributed by atoms with Crippen LogP contribution < -0.4 is 5.73 Å². The molecule has 2 rings (SSSR count). The predicted molar refractivity (Wildman–Crippen MR) is 71.1 cm³/mol.